The summed E-state index contributed by atoms with van der Waals surface area (Å²) in [5, 5.41) is 4.62. The van der Waals surface area contributed by atoms with Gasteiger partial charge >= 0.3 is 0 Å². The van der Waals surface area contributed by atoms with Crippen LogP contribution in [0.1, 0.15) is 102 Å². The summed E-state index contributed by atoms with van der Waals surface area (Å²) >= 11 is 5.85. The molecule has 0 bridgehead atoms. The molecule has 3 aromatic heterocycles. The lowest BCUT2D eigenvalue weighted by Gasteiger charge is -2.02. The van der Waals surface area contributed by atoms with Crippen molar-refractivity contribution in [2.75, 3.05) is 0 Å². The first-order valence-corrected chi connectivity index (χ1v) is 15.1. The lowest BCUT2D eigenvalue weighted by atomic mass is 10.0. The van der Waals surface area contributed by atoms with E-state index < -0.39 is 0 Å². The highest BCUT2D eigenvalue weighted by molar-refractivity contribution is 7.26. The standard InChI is InChI=1S/C28H40S3/c1-3-5-7-9-11-13-16-23-20-26(30-22-23)27-21-24(17-14-12-10-8-6-4-2)28(31-27)25-18-15-19-29-25/h15,18-22H,3-14,16-17H2,1-2H3. The highest BCUT2D eigenvalue weighted by atomic mass is 32.1. The lowest BCUT2D eigenvalue weighted by Crippen LogP contribution is -1.86. The van der Waals surface area contributed by atoms with Gasteiger partial charge in [-0.3, -0.25) is 0 Å². The Kier molecular flexibility index (Phi) is 11.4. The van der Waals surface area contributed by atoms with Crippen molar-refractivity contribution in [1.29, 1.82) is 0 Å². The van der Waals surface area contributed by atoms with Gasteiger partial charge in [-0.25, -0.2) is 0 Å². The van der Waals surface area contributed by atoms with Crippen molar-refractivity contribution >= 4 is 34.0 Å². The summed E-state index contributed by atoms with van der Waals surface area (Å²) in [6.45, 7) is 4.59. The van der Waals surface area contributed by atoms with Crippen molar-refractivity contribution in [3.05, 3.63) is 46.2 Å². The van der Waals surface area contributed by atoms with Gasteiger partial charge < -0.3 is 0 Å². The predicted molar refractivity (Wildman–Crippen MR) is 145 cm³/mol. The maximum absolute atomic E-state index is 2.51. The zero-order valence-electron chi connectivity index (χ0n) is 19.6. The molecular weight excluding hydrogens is 433 g/mol. The molecule has 0 aliphatic rings. The zero-order chi connectivity index (χ0) is 21.7. The topological polar surface area (TPSA) is 0 Å². The van der Waals surface area contributed by atoms with E-state index in [-0.39, 0.29) is 0 Å². The van der Waals surface area contributed by atoms with Crippen LogP contribution < -0.4 is 0 Å². The maximum Gasteiger partial charge on any atom is 0.0481 e. The van der Waals surface area contributed by atoms with Crippen LogP contribution in [-0.2, 0) is 12.8 Å². The van der Waals surface area contributed by atoms with Crippen molar-refractivity contribution in [2.24, 2.45) is 0 Å². The van der Waals surface area contributed by atoms with Crippen LogP contribution in [0.3, 0.4) is 0 Å². The van der Waals surface area contributed by atoms with Crippen molar-refractivity contribution in [1.82, 2.24) is 0 Å². The SMILES string of the molecule is CCCCCCCCc1csc(-c2cc(CCCCCCCC)c(-c3cccs3)s2)c1. The van der Waals surface area contributed by atoms with Gasteiger partial charge in [0, 0.05) is 19.5 Å². The van der Waals surface area contributed by atoms with E-state index in [0.29, 0.717) is 0 Å². The summed E-state index contributed by atoms with van der Waals surface area (Å²) in [5.74, 6) is 0. The normalized spacial score (nSPS) is 11.4. The second-order valence-electron chi connectivity index (χ2n) is 8.80. The molecule has 0 nitrogen and oxygen atoms in total. The first-order chi connectivity index (χ1) is 15.3. The molecule has 3 heteroatoms. The molecule has 0 atom stereocenters. The third-order valence-corrected chi connectivity index (χ3v) is 9.47. The van der Waals surface area contributed by atoms with Crippen molar-refractivity contribution in [2.45, 2.75) is 104 Å². The van der Waals surface area contributed by atoms with E-state index in [2.05, 4.69) is 48.9 Å². The first-order valence-electron chi connectivity index (χ1n) is 12.6. The molecule has 0 radical (unpaired) electrons. The number of unbranched alkanes of at least 4 members (excludes halogenated alkanes) is 10. The van der Waals surface area contributed by atoms with Crippen molar-refractivity contribution < 1.29 is 0 Å². The van der Waals surface area contributed by atoms with E-state index in [1.807, 2.05) is 34.0 Å². The highest BCUT2D eigenvalue weighted by Crippen LogP contribution is 2.42. The highest BCUT2D eigenvalue weighted by Gasteiger charge is 2.14. The molecule has 0 fully saturated rings. The smallest absolute Gasteiger partial charge is 0.0481 e. The molecule has 0 N–H and O–H groups in total. The average molecular weight is 473 g/mol. The van der Waals surface area contributed by atoms with Crippen LogP contribution in [0, 0.1) is 0 Å². The van der Waals surface area contributed by atoms with Gasteiger partial charge in [-0.2, -0.15) is 0 Å². The van der Waals surface area contributed by atoms with Crippen molar-refractivity contribution in [3.8, 4) is 19.5 Å². The van der Waals surface area contributed by atoms with E-state index >= 15 is 0 Å². The molecule has 0 aliphatic heterocycles. The molecule has 3 rings (SSSR count). The molecular formula is C28H40S3. The molecule has 3 aromatic rings. The molecule has 3 heterocycles. The zero-order valence-corrected chi connectivity index (χ0v) is 22.0. The Morgan fingerprint density at radius 2 is 1.32 bits per heavy atom. The number of hydrogen-bond donors (Lipinski definition) is 0. The van der Waals surface area contributed by atoms with Gasteiger partial charge in [-0.1, -0.05) is 84.1 Å². The van der Waals surface area contributed by atoms with E-state index in [9.17, 15) is 0 Å². The van der Waals surface area contributed by atoms with Crippen LogP contribution in [0.15, 0.2) is 35.0 Å². The fraction of sp³-hybridized carbons (Fsp3) is 0.571. The van der Waals surface area contributed by atoms with Crippen LogP contribution in [0.2, 0.25) is 0 Å². The van der Waals surface area contributed by atoms with Gasteiger partial charge in [0.15, 0.2) is 0 Å². The first kappa shape index (κ1) is 24.7. The molecule has 0 unspecified atom stereocenters. The molecule has 31 heavy (non-hydrogen) atoms. The number of thiophene rings is 3. The second-order valence-corrected chi connectivity index (χ2v) is 11.7. The third-order valence-electron chi connectivity index (χ3n) is 6.07. The van der Waals surface area contributed by atoms with Gasteiger partial charge in [0.1, 0.15) is 0 Å². The van der Waals surface area contributed by atoms with Gasteiger partial charge in [0.25, 0.3) is 0 Å². The van der Waals surface area contributed by atoms with E-state index in [1.165, 1.54) is 109 Å². The Morgan fingerprint density at radius 1 is 0.645 bits per heavy atom. The Bertz CT molecular complexity index is 838. The summed E-state index contributed by atoms with van der Waals surface area (Å²) < 4.78 is 0. The van der Waals surface area contributed by atoms with Crippen LogP contribution in [-0.4, -0.2) is 0 Å². The average Bonchev–Trinajstić information content (AvgIpc) is 3.53. The fourth-order valence-electron chi connectivity index (χ4n) is 4.19. The molecule has 170 valence electrons. The molecule has 0 amide bonds. The van der Waals surface area contributed by atoms with E-state index in [1.54, 1.807) is 11.1 Å². The minimum absolute atomic E-state index is 1.23. The summed E-state index contributed by atoms with van der Waals surface area (Å²) in [6.07, 6.45) is 19.0. The minimum atomic E-state index is 1.23. The van der Waals surface area contributed by atoms with E-state index in [0.717, 1.165) is 0 Å². The van der Waals surface area contributed by atoms with Gasteiger partial charge in [-0.05, 0) is 65.8 Å². The van der Waals surface area contributed by atoms with Crippen molar-refractivity contribution in [3.63, 3.8) is 0 Å². The minimum Gasteiger partial charge on any atom is -0.143 e. The Hall–Kier alpha value is -0.900. The molecule has 0 aliphatic carbocycles. The van der Waals surface area contributed by atoms with Gasteiger partial charge in [0.2, 0.25) is 0 Å². The fourth-order valence-corrected chi connectivity index (χ4v) is 7.33. The summed E-state index contributed by atoms with van der Waals surface area (Å²) in [4.78, 5) is 5.91. The molecule has 0 saturated carbocycles. The molecule has 0 saturated heterocycles. The predicted octanol–water partition coefficient (Wildman–Crippen LogP) is 11.0. The largest absolute Gasteiger partial charge is 0.143 e. The van der Waals surface area contributed by atoms with E-state index in [4.69, 9.17) is 0 Å². The van der Waals surface area contributed by atoms with Crippen LogP contribution >= 0.6 is 34.0 Å². The quantitative estimate of drug-likeness (QED) is 0.182. The summed E-state index contributed by atoms with van der Waals surface area (Å²) in [5.41, 5.74) is 3.11. The van der Waals surface area contributed by atoms with Crippen LogP contribution in [0.4, 0.5) is 0 Å². The maximum atomic E-state index is 2.51. The van der Waals surface area contributed by atoms with Gasteiger partial charge in [-0.15, -0.1) is 34.0 Å². The number of rotatable bonds is 16. The molecule has 0 spiro atoms. The lowest BCUT2D eigenvalue weighted by molar-refractivity contribution is 0.608. The van der Waals surface area contributed by atoms with Gasteiger partial charge in [0.05, 0.1) is 0 Å². The monoisotopic (exact) mass is 472 g/mol. The summed E-state index contributed by atoms with van der Waals surface area (Å²) in [7, 11) is 0. The summed E-state index contributed by atoms with van der Waals surface area (Å²) in [6, 6.07) is 9.46. The Morgan fingerprint density at radius 3 is 2.00 bits per heavy atom. The second kappa shape index (κ2) is 14.3. The Balaban J connectivity index is 1.59. The number of aryl methyl sites for hydroxylation is 2. The molecule has 0 aromatic carbocycles. The third kappa shape index (κ3) is 8.18. The van der Waals surface area contributed by atoms with Crippen LogP contribution in [0.5, 0.6) is 0 Å². The number of hydrogen-bond acceptors (Lipinski definition) is 3. The van der Waals surface area contributed by atoms with Crippen LogP contribution in [0.25, 0.3) is 19.5 Å². The Labute approximate surface area is 202 Å².